The maximum absolute atomic E-state index is 13.1. The summed E-state index contributed by atoms with van der Waals surface area (Å²) >= 11 is 5.97. The number of fused-ring (bicyclic) bond motifs is 1. The molecule has 10 heteroatoms. The van der Waals surface area contributed by atoms with Gasteiger partial charge in [-0.3, -0.25) is 19.8 Å². The number of ether oxygens (including phenoxy) is 1. The fourth-order valence-corrected chi connectivity index (χ4v) is 4.01. The maximum Gasteiger partial charge on any atom is 0.415 e. The van der Waals surface area contributed by atoms with Crippen LogP contribution in [0.1, 0.15) is 24.0 Å². The van der Waals surface area contributed by atoms with Gasteiger partial charge in [0.1, 0.15) is 19.5 Å². The molecule has 0 spiro atoms. The number of hydrogen-bond acceptors (Lipinski definition) is 6. The normalized spacial score (nSPS) is 17.1. The predicted octanol–water partition coefficient (Wildman–Crippen LogP) is 3.09. The Bertz CT molecular complexity index is 1020. The second-order valence-electron chi connectivity index (χ2n) is 7.65. The molecule has 2 aromatic rings. The lowest BCUT2D eigenvalue weighted by atomic mass is 9.94. The Morgan fingerprint density at radius 3 is 2.67 bits per heavy atom. The Kier molecular flexibility index (Phi) is 8.37. The number of aliphatic hydroxyl groups is 1. The number of ketones is 1. The molecule has 0 saturated heterocycles. The van der Waals surface area contributed by atoms with E-state index >= 15 is 0 Å². The van der Waals surface area contributed by atoms with E-state index in [9.17, 15) is 23.9 Å². The summed E-state index contributed by atoms with van der Waals surface area (Å²) in [5.41, 5.74) is 2.06. The van der Waals surface area contributed by atoms with E-state index in [-0.39, 0.29) is 6.61 Å². The number of halogens is 2. The standard InChI is InChI=1S/C23H24ClFN2O6/c24-16-6-3-4-14(10-16)13-33-23(32)27-18-7-2-1-5-15(18)8-9-19(27)22(31)26-17(11-21(29)30)20(28)12-25/h1-7,10,17,19,22,26,31H,8-9,11-13H2,(H,29,30)/t17?,19-,22?/m0/s1. The van der Waals surface area contributed by atoms with Crippen molar-refractivity contribution in [1.29, 1.82) is 0 Å². The number of para-hydroxylation sites is 1. The summed E-state index contributed by atoms with van der Waals surface area (Å²) in [6, 6.07) is 11.6. The number of carboxylic acids is 1. The van der Waals surface area contributed by atoms with Crippen LogP contribution in [0.5, 0.6) is 0 Å². The first-order chi connectivity index (χ1) is 15.8. The minimum atomic E-state index is -1.50. The van der Waals surface area contributed by atoms with Crippen LogP contribution >= 0.6 is 11.6 Å². The molecule has 0 saturated carbocycles. The summed E-state index contributed by atoms with van der Waals surface area (Å²) in [4.78, 5) is 37.3. The van der Waals surface area contributed by atoms with Gasteiger partial charge in [0.05, 0.1) is 24.2 Å². The molecule has 0 bridgehead atoms. The second kappa shape index (κ2) is 11.2. The van der Waals surface area contributed by atoms with E-state index in [1.54, 1.807) is 36.4 Å². The fraction of sp³-hybridized carbons (Fsp3) is 0.348. The van der Waals surface area contributed by atoms with E-state index < -0.39 is 49.3 Å². The third kappa shape index (κ3) is 6.28. The molecule has 33 heavy (non-hydrogen) atoms. The number of amides is 1. The van der Waals surface area contributed by atoms with Gasteiger partial charge in [0.25, 0.3) is 0 Å². The van der Waals surface area contributed by atoms with Crippen LogP contribution in [0.3, 0.4) is 0 Å². The highest BCUT2D eigenvalue weighted by molar-refractivity contribution is 6.30. The monoisotopic (exact) mass is 478 g/mol. The van der Waals surface area contributed by atoms with Crippen molar-refractivity contribution in [2.45, 2.75) is 44.2 Å². The number of aliphatic hydroxyl groups excluding tert-OH is 1. The molecule has 0 aromatic heterocycles. The number of aliphatic carboxylic acids is 1. The molecule has 0 aliphatic carbocycles. The number of nitrogens with one attached hydrogen (secondary N) is 1. The van der Waals surface area contributed by atoms with Gasteiger partial charge < -0.3 is 14.9 Å². The van der Waals surface area contributed by atoms with Crippen molar-refractivity contribution in [3.8, 4) is 0 Å². The van der Waals surface area contributed by atoms with E-state index in [4.69, 9.17) is 21.4 Å². The minimum absolute atomic E-state index is 0.0592. The Morgan fingerprint density at radius 1 is 1.21 bits per heavy atom. The Balaban J connectivity index is 1.82. The van der Waals surface area contributed by atoms with Crippen molar-refractivity contribution in [3.63, 3.8) is 0 Å². The summed E-state index contributed by atoms with van der Waals surface area (Å²) in [6.07, 6.45) is -2.11. The van der Waals surface area contributed by atoms with Crippen LogP contribution < -0.4 is 10.2 Å². The number of Topliss-reactive ketones (excluding diaryl/α,β-unsaturated/α-hetero) is 1. The van der Waals surface area contributed by atoms with Crippen LogP contribution in [-0.4, -0.2) is 53.0 Å². The first kappa shape index (κ1) is 24.6. The number of nitrogens with zero attached hydrogens (tertiary/aromatic N) is 1. The Hall–Kier alpha value is -3.01. The lowest BCUT2D eigenvalue weighted by molar-refractivity contribution is -0.140. The van der Waals surface area contributed by atoms with E-state index in [1.807, 2.05) is 12.1 Å². The fourth-order valence-electron chi connectivity index (χ4n) is 3.79. The number of aryl methyl sites for hydroxylation is 1. The van der Waals surface area contributed by atoms with Crippen molar-refractivity contribution < 1.29 is 33.7 Å². The molecule has 176 valence electrons. The summed E-state index contributed by atoms with van der Waals surface area (Å²) in [5, 5.41) is 22.8. The van der Waals surface area contributed by atoms with Crippen molar-refractivity contribution in [3.05, 3.63) is 64.7 Å². The molecule has 2 unspecified atom stereocenters. The van der Waals surface area contributed by atoms with E-state index in [1.165, 1.54) is 4.90 Å². The van der Waals surface area contributed by atoms with Gasteiger partial charge >= 0.3 is 12.1 Å². The van der Waals surface area contributed by atoms with Crippen LogP contribution in [0.2, 0.25) is 5.02 Å². The van der Waals surface area contributed by atoms with Crippen LogP contribution in [0.25, 0.3) is 0 Å². The van der Waals surface area contributed by atoms with Gasteiger partial charge in [-0.05, 0) is 42.2 Å². The minimum Gasteiger partial charge on any atom is -0.481 e. The van der Waals surface area contributed by atoms with Crippen LogP contribution in [0, 0.1) is 0 Å². The lowest BCUT2D eigenvalue weighted by Crippen LogP contribution is -2.58. The van der Waals surface area contributed by atoms with Crippen LogP contribution in [0.15, 0.2) is 48.5 Å². The van der Waals surface area contributed by atoms with Gasteiger partial charge in [-0.15, -0.1) is 0 Å². The molecule has 8 nitrogen and oxygen atoms in total. The molecule has 2 aromatic carbocycles. The number of benzene rings is 2. The van der Waals surface area contributed by atoms with Gasteiger partial charge in [-0.1, -0.05) is 41.9 Å². The predicted molar refractivity (Wildman–Crippen MR) is 119 cm³/mol. The lowest BCUT2D eigenvalue weighted by Gasteiger charge is -2.39. The van der Waals surface area contributed by atoms with Crippen molar-refractivity contribution >= 4 is 35.1 Å². The molecule has 1 aliphatic heterocycles. The summed E-state index contributed by atoms with van der Waals surface area (Å²) in [7, 11) is 0. The summed E-state index contributed by atoms with van der Waals surface area (Å²) in [6.45, 7) is -1.44. The number of carbonyl (C=O) groups is 3. The summed E-state index contributed by atoms with van der Waals surface area (Å²) in [5.74, 6) is -2.32. The van der Waals surface area contributed by atoms with Crippen molar-refractivity contribution in [1.82, 2.24) is 5.32 Å². The van der Waals surface area contributed by atoms with E-state index in [0.717, 1.165) is 5.56 Å². The van der Waals surface area contributed by atoms with Gasteiger partial charge in [0.2, 0.25) is 0 Å². The number of hydrogen-bond donors (Lipinski definition) is 3. The average Bonchev–Trinajstić information content (AvgIpc) is 2.80. The number of anilines is 1. The molecular formula is C23H24ClFN2O6. The van der Waals surface area contributed by atoms with Gasteiger partial charge in [-0.25, -0.2) is 9.18 Å². The topological polar surface area (TPSA) is 116 Å². The molecule has 3 N–H and O–H groups in total. The van der Waals surface area contributed by atoms with E-state index in [2.05, 4.69) is 5.32 Å². The number of carbonyl (C=O) groups excluding carboxylic acids is 2. The molecular weight excluding hydrogens is 455 g/mol. The number of alkyl halides is 1. The first-order valence-electron chi connectivity index (χ1n) is 10.3. The molecule has 1 heterocycles. The third-order valence-corrected chi connectivity index (χ3v) is 5.61. The summed E-state index contributed by atoms with van der Waals surface area (Å²) < 4.78 is 18.4. The Labute approximate surface area is 194 Å². The maximum atomic E-state index is 13.1. The van der Waals surface area contributed by atoms with Crippen LogP contribution in [0.4, 0.5) is 14.9 Å². The highest BCUT2D eigenvalue weighted by atomic mass is 35.5. The average molecular weight is 479 g/mol. The number of rotatable bonds is 9. The largest absolute Gasteiger partial charge is 0.481 e. The molecule has 0 radical (unpaired) electrons. The smallest absolute Gasteiger partial charge is 0.415 e. The SMILES string of the molecule is O=C(O)CC(NC(O)[C@@H]1CCc2ccccc2N1C(=O)OCc1cccc(Cl)c1)C(=O)CF. The second-order valence-corrected chi connectivity index (χ2v) is 8.09. The Morgan fingerprint density at radius 2 is 1.97 bits per heavy atom. The number of carboxylic acid groups (broad SMARTS) is 1. The third-order valence-electron chi connectivity index (χ3n) is 5.38. The first-order valence-corrected chi connectivity index (χ1v) is 10.7. The molecule has 3 atom stereocenters. The molecule has 0 fully saturated rings. The van der Waals surface area contributed by atoms with Crippen LogP contribution in [-0.2, 0) is 27.4 Å². The quantitative estimate of drug-likeness (QED) is 0.474. The molecule has 1 amide bonds. The van der Waals surface area contributed by atoms with Crippen molar-refractivity contribution in [2.24, 2.45) is 0 Å². The zero-order valence-electron chi connectivity index (χ0n) is 17.6. The molecule has 3 rings (SSSR count). The highest BCUT2D eigenvalue weighted by Gasteiger charge is 2.38. The zero-order valence-corrected chi connectivity index (χ0v) is 18.4. The highest BCUT2D eigenvalue weighted by Crippen LogP contribution is 2.32. The van der Waals surface area contributed by atoms with Gasteiger partial charge in [-0.2, -0.15) is 0 Å². The molecule has 1 aliphatic rings. The van der Waals surface area contributed by atoms with Gasteiger partial charge in [0, 0.05) is 5.02 Å². The zero-order chi connectivity index (χ0) is 24.0. The van der Waals surface area contributed by atoms with Crippen molar-refractivity contribution in [2.75, 3.05) is 11.6 Å². The van der Waals surface area contributed by atoms with Gasteiger partial charge in [0.15, 0.2) is 5.78 Å². The van der Waals surface area contributed by atoms with E-state index in [0.29, 0.717) is 29.1 Å².